The number of benzene rings is 2. The second-order valence-corrected chi connectivity index (χ2v) is 9.26. The Hall–Kier alpha value is -3.20. The van der Waals surface area contributed by atoms with Crippen LogP contribution in [0, 0.1) is 17.6 Å². The highest BCUT2D eigenvalue weighted by atomic mass is 19.1. The van der Waals surface area contributed by atoms with Crippen LogP contribution in [0.5, 0.6) is 5.75 Å². The summed E-state index contributed by atoms with van der Waals surface area (Å²) in [7, 11) is 0. The van der Waals surface area contributed by atoms with E-state index >= 15 is 0 Å². The van der Waals surface area contributed by atoms with Gasteiger partial charge in [-0.3, -0.25) is 0 Å². The number of carbonyl (C=O) groups excluding carboxylic acids is 1. The molecule has 1 unspecified atom stereocenters. The minimum absolute atomic E-state index is 0.0466. The van der Waals surface area contributed by atoms with Crippen molar-refractivity contribution in [1.29, 1.82) is 0 Å². The Kier molecular flexibility index (Phi) is 13.6. The van der Waals surface area contributed by atoms with Crippen LogP contribution in [0.4, 0.5) is 13.6 Å². The molecule has 2 aromatic rings. The van der Waals surface area contributed by atoms with Gasteiger partial charge in [-0.25, -0.2) is 18.4 Å². The van der Waals surface area contributed by atoms with E-state index in [-0.39, 0.29) is 31.2 Å². The number of carboxylic acid groups (broad SMARTS) is 1. The number of aliphatic carboxylic acids is 1. The molecule has 1 atom stereocenters. The zero-order valence-corrected chi connectivity index (χ0v) is 22.6. The number of ether oxygens (including phenoxy) is 2. The number of nitrogens with one attached hydrogen (secondary N) is 1. The lowest BCUT2D eigenvalue weighted by molar-refractivity contribution is -0.149. The zero-order chi connectivity index (χ0) is 27.9. The van der Waals surface area contributed by atoms with Gasteiger partial charge in [0.15, 0.2) is 6.10 Å². The van der Waals surface area contributed by atoms with Crippen molar-refractivity contribution in [2.24, 2.45) is 5.92 Å². The molecule has 0 fully saturated rings. The monoisotopic (exact) mass is 534 g/mol. The number of amides is 2. The first-order valence-corrected chi connectivity index (χ1v) is 13.3. The minimum atomic E-state index is -1.00. The third-order valence-corrected chi connectivity index (χ3v) is 6.22. The van der Waals surface area contributed by atoms with Gasteiger partial charge in [-0.1, -0.05) is 44.9 Å². The summed E-state index contributed by atoms with van der Waals surface area (Å²) in [5, 5.41) is 12.0. The topological polar surface area (TPSA) is 88.1 Å². The maximum absolute atomic E-state index is 14.0. The number of carboxylic acids is 1. The molecule has 0 saturated heterocycles. The largest absolute Gasteiger partial charge is 0.492 e. The highest BCUT2D eigenvalue weighted by Crippen LogP contribution is 2.17. The molecule has 0 aliphatic carbocycles. The van der Waals surface area contributed by atoms with E-state index in [4.69, 9.17) is 9.47 Å². The number of rotatable bonds is 17. The van der Waals surface area contributed by atoms with Crippen LogP contribution in [-0.2, 0) is 22.5 Å². The molecule has 2 N–H and O–H groups in total. The summed E-state index contributed by atoms with van der Waals surface area (Å²) in [6.45, 7) is 7.38. The van der Waals surface area contributed by atoms with Crippen LogP contribution < -0.4 is 10.1 Å². The fraction of sp³-hybridized carbons (Fsp3) is 0.517. The van der Waals surface area contributed by atoms with Gasteiger partial charge in [0.2, 0.25) is 0 Å². The lowest BCUT2D eigenvalue weighted by Gasteiger charge is -2.28. The van der Waals surface area contributed by atoms with Crippen LogP contribution in [-0.4, -0.2) is 54.4 Å². The number of urea groups is 1. The van der Waals surface area contributed by atoms with Crippen molar-refractivity contribution >= 4 is 12.0 Å². The van der Waals surface area contributed by atoms with Gasteiger partial charge >= 0.3 is 12.0 Å². The summed E-state index contributed by atoms with van der Waals surface area (Å²) in [5.41, 5.74) is 1.03. The number of nitrogens with zero attached hydrogens (tertiary/aromatic N) is 1. The summed E-state index contributed by atoms with van der Waals surface area (Å²) in [6, 6.07) is 10.1. The molecule has 0 radical (unpaired) electrons. The number of halogens is 2. The Morgan fingerprint density at radius 3 is 2.29 bits per heavy atom. The van der Waals surface area contributed by atoms with E-state index in [2.05, 4.69) is 19.2 Å². The van der Waals surface area contributed by atoms with Crippen molar-refractivity contribution in [2.75, 3.05) is 26.3 Å². The Balaban J connectivity index is 1.99. The van der Waals surface area contributed by atoms with Crippen LogP contribution in [0.1, 0.15) is 57.6 Å². The van der Waals surface area contributed by atoms with Gasteiger partial charge in [-0.2, -0.15) is 0 Å². The lowest BCUT2D eigenvalue weighted by atomic mass is 9.98. The maximum Gasteiger partial charge on any atom is 0.333 e. The standard InChI is InChI=1S/C29H40F2N2O5/c1-4-7-22(8-5-2)20-33(29(36)32-19-23-11-12-24(30)18-26(23)31)15-16-38-25-13-9-21(10-14-25)17-27(28(34)35)37-6-3/h9-14,18,22,27H,4-8,15-17,19-20H2,1-3H3,(H,32,36)(H,34,35). The van der Waals surface area contributed by atoms with Crippen molar-refractivity contribution in [3.8, 4) is 5.75 Å². The maximum atomic E-state index is 14.0. The van der Waals surface area contributed by atoms with Crippen LogP contribution in [0.3, 0.4) is 0 Å². The molecule has 0 saturated carbocycles. The van der Waals surface area contributed by atoms with Gasteiger partial charge in [0.1, 0.15) is 24.0 Å². The molecule has 0 spiro atoms. The molecule has 0 aromatic heterocycles. The van der Waals surface area contributed by atoms with Gasteiger partial charge < -0.3 is 24.8 Å². The van der Waals surface area contributed by atoms with E-state index in [1.165, 1.54) is 12.1 Å². The molecule has 2 amide bonds. The van der Waals surface area contributed by atoms with Crippen LogP contribution in [0.15, 0.2) is 42.5 Å². The van der Waals surface area contributed by atoms with Crippen LogP contribution in [0.2, 0.25) is 0 Å². The molecule has 210 valence electrons. The number of hydrogen-bond acceptors (Lipinski definition) is 4. The SMILES string of the molecule is CCCC(CCC)CN(CCOc1ccc(CC(OCC)C(=O)O)cc1)C(=O)NCc1ccc(F)cc1F. The zero-order valence-electron chi connectivity index (χ0n) is 22.6. The first kappa shape index (κ1) is 31.0. The van der Waals surface area contributed by atoms with Gasteiger partial charge in [-0.05, 0) is 49.4 Å². The van der Waals surface area contributed by atoms with Crippen molar-refractivity contribution in [2.45, 2.75) is 65.5 Å². The average molecular weight is 535 g/mol. The summed E-state index contributed by atoms with van der Waals surface area (Å²) in [5.74, 6) is -1.43. The van der Waals surface area contributed by atoms with E-state index in [0.29, 0.717) is 31.4 Å². The van der Waals surface area contributed by atoms with E-state index < -0.39 is 23.7 Å². The summed E-state index contributed by atoms with van der Waals surface area (Å²) in [4.78, 5) is 26.0. The van der Waals surface area contributed by atoms with Crippen molar-refractivity contribution < 1.29 is 33.0 Å². The molecule has 7 nitrogen and oxygen atoms in total. The van der Waals surface area contributed by atoms with E-state index in [1.54, 1.807) is 36.1 Å². The summed E-state index contributed by atoms with van der Waals surface area (Å²) < 4.78 is 38.4. The highest BCUT2D eigenvalue weighted by molar-refractivity contribution is 5.74. The van der Waals surface area contributed by atoms with E-state index in [1.807, 2.05) is 0 Å². The molecule has 0 bridgehead atoms. The molecule has 2 aromatic carbocycles. The fourth-order valence-corrected chi connectivity index (χ4v) is 4.31. The normalized spacial score (nSPS) is 11.8. The molecule has 38 heavy (non-hydrogen) atoms. The summed E-state index contributed by atoms with van der Waals surface area (Å²) in [6.07, 6.45) is 3.35. The predicted octanol–water partition coefficient (Wildman–Crippen LogP) is 5.80. The Morgan fingerprint density at radius 1 is 1.03 bits per heavy atom. The van der Waals surface area contributed by atoms with Crippen molar-refractivity contribution in [1.82, 2.24) is 10.2 Å². The smallest absolute Gasteiger partial charge is 0.333 e. The molecule has 0 aliphatic heterocycles. The second-order valence-electron chi connectivity index (χ2n) is 9.26. The van der Waals surface area contributed by atoms with Gasteiger partial charge in [-0.15, -0.1) is 0 Å². The Bertz CT molecular complexity index is 997. The third-order valence-electron chi connectivity index (χ3n) is 6.22. The van der Waals surface area contributed by atoms with Crippen LogP contribution in [0.25, 0.3) is 0 Å². The first-order chi connectivity index (χ1) is 18.3. The quantitative estimate of drug-likeness (QED) is 0.268. The fourth-order valence-electron chi connectivity index (χ4n) is 4.31. The molecule has 0 aliphatic rings. The van der Waals surface area contributed by atoms with Gasteiger partial charge in [0.25, 0.3) is 0 Å². The lowest BCUT2D eigenvalue weighted by Crippen LogP contribution is -2.44. The second kappa shape index (κ2) is 16.6. The van der Waals surface area contributed by atoms with Gasteiger partial charge in [0, 0.05) is 37.7 Å². The van der Waals surface area contributed by atoms with Crippen molar-refractivity contribution in [3.63, 3.8) is 0 Å². The van der Waals surface area contributed by atoms with E-state index in [9.17, 15) is 23.5 Å². The minimum Gasteiger partial charge on any atom is -0.492 e. The average Bonchev–Trinajstić information content (AvgIpc) is 2.88. The number of hydrogen-bond donors (Lipinski definition) is 2. The first-order valence-electron chi connectivity index (χ1n) is 13.3. The molecular formula is C29H40F2N2O5. The summed E-state index contributed by atoms with van der Waals surface area (Å²) >= 11 is 0. The molecule has 2 rings (SSSR count). The van der Waals surface area contributed by atoms with E-state index in [0.717, 1.165) is 37.3 Å². The Labute approximate surface area is 224 Å². The Morgan fingerprint density at radius 2 is 1.71 bits per heavy atom. The van der Waals surface area contributed by atoms with Crippen molar-refractivity contribution in [3.05, 3.63) is 65.2 Å². The number of carbonyl (C=O) groups is 2. The predicted molar refractivity (Wildman–Crippen MR) is 142 cm³/mol. The highest BCUT2D eigenvalue weighted by Gasteiger charge is 2.20. The third kappa shape index (κ3) is 10.7. The molecule has 9 heteroatoms. The molecular weight excluding hydrogens is 494 g/mol. The molecule has 0 heterocycles. The van der Waals surface area contributed by atoms with Crippen LogP contribution >= 0.6 is 0 Å². The van der Waals surface area contributed by atoms with Gasteiger partial charge in [0.05, 0.1) is 6.54 Å².